The molecule has 1 aliphatic heterocycles. The molecule has 0 aromatic heterocycles. The fourth-order valence-electron chi connectivity index (χ4n) is 4.92. The van der Waals surface area contributed by atoms with E-state index in [-0.39, 0.29) is 29.7 Å². The summed E-state index contributed by atoms with van der Waals surface area (Å²) in [6, 6.07) is 4.05. The van der Waals surface area contributed by atoms with Crippen molar-refractivity contribution >= 4 is 5.91 Å². The molecule has 1 heterocycles. The van der Waals surface area contributed by atoms with Crippen LogP contribution >= 0.6 is 0 Å². The van der Waals surface area contributed by atoms with E-state index in [0.29, 0.717) is 12.2 Å². The number of hydrogen-bond acceptors (Lipinski definition) is 3. The zero-order chi connectivity index (χ0) is 16.4. The molecular formula is C19H22FNO3. The average molecular weight is 331 g/mol. The Labute approximate surface area is 140 Å². The molecule has 1 N–H and O–H groups in total. The molecule has 4 aliphatic rings. The lowest BCUT2D eigenvalue weighted by Gasteiger charge is -2.43. The Morgan fingerprint density at radius 2 is 2.12 bits per heavy atom. The number of benzene rings is 1. The van der Waals surface area contributed by atoms with E-state index in [1.165, 1.54) is 5.56 Å². The summed E-state index contributed by atoms with van der Waals surface area (Å²) in [5, 5.41) is 3.26. The minimum atomic E-state index is -0.950. The molecule has 5 rings (SSSR count). The summed E-state index contributed by atoms with van der Waals surface area (Å²) in [6.45, 7) is 0. The molecule has 1 aromatic carbocycles. The van der Waals surface area contributed by atoms with Crippen molar-refractivity contribution in [3.8, 4) is 11.5 Å². The molecule has 1 amide bonds. The maximum absolute atomic E-state index is 14.5. The molecule has 0 bridgehead atoms. The first-order valence-electron chi connectivity index (χ1n) is 8.98. The molecule has 5 heteroatoms. The van der Waals surface area contributed by atoms with Gasteiger partial charge in [-0.1, -0.05) is 6.07 Å². The first-order chi connectivity index (χ1) is 11.7. The highest BCUT2D eigenvalue weighted by Crippen LogP contribution is 2.57. The highest BCUT2D eigenvalue weighted by Gasteiger charge is 2.54. The van der Waals surface area contributed by atoms with E-state index in [9.17, 15) is 9.18 Å². The van der Waals surface area contributed by atoms with E-state index in [1.807, 2.05) is 6.07 Å². The largest absolute Gasteiger partial charge is 0.493 e. The molecule has 2 fully saturated rings. The van der Waals surface area contributed by atoms with Crippen molar-refractivity contribution in [2.45, 2.75) is 56.3 Å². The van der Waals surface area contributed by atoms with Crippen LogP contribution in [-0.2, 0) is 11.2 Å². The molecule has 0 spiro atoms. The summed E-state index contributed by atoms with van der Waals surface area (Å²) in [7, 11) is 1.62. The van der Waals surface area contributed by atoms with Crippen molar-refractivity contribution < 1.29 is 18.7 Å². The molecule has 3 aliphatic carbocycles. The standard InChI is InChI=1S/C19H22FNO3/c1-23-14-7-4-10-8-13(21-19(22)9-2-3-9)11-5-6-12(20)17-16(11)15(10)18(14)24-17/h4,7,9,11-13,16-17H,2-3,5-6,8H2,1H3,(H,21,22)/t11?,12?,13-,16?,17+/m0/s1. The second-order valence-electron chi connectivity index (χ2n) is 7.63. The number of amides is 1. The Morgan fingerprint density at radius 3 is 2.88 bits per heavy atom. The molecule has 128 valence electrons. The van der Waals surface area contributed by atoms with E-state index in [2.05, 4.69) is 11.4 Å². The Hall–Kier alpha value is -1.78. The van der Waals surface area contributed by atoms with Gasteiger partial charge in [0.15, 0.2) is 11.5 Å². The van der Waals surface area contributed by atoms with Gasteiger partial charge in [-0.15, -0.1) is 0 Å². The van der Waals surface area contributed by atoms with Crippen molar-refractivity contribution in [3.05, 3.63) is 23.3 Å². The highest BCUT2D eigenvalue weighted by atomic mass is 19.1. The maximum atomic E-state index is 14.5. The van der Waals surface area contributed by atoms with Crippen molar-refractivity contribution in [3.63, 3.8) is 0 Å². The number of carbonyl (C=O) groups is 1. The van der Waals surface area contributed by atoms with E-state index in [4.69, 9.17) is 9.47 Å². The summed E-state index contributed by atoms with van der Waals surface area (Å²) >= 11 is 0. The first-order valence-corrected chi connectivity index (χ1v) is 8.98. The molecule has 0 saturated heterocycles. The minimum absolute atomic E-state index is 0.0344. The molecule has 1 aromatic rings. The summed E-state index contributed by atoms with van der Waals surface area (Å²) in [5.74, 6) is 2.08. The molecule has 0 radical (unpaired) electrons. The number of halogens is 1. The third kappa shape index (κ3) is 1.99. The molecular weight excluding hydrogens is 309 g/mol. The maximum Gasteiger partial charge on any atom is 0.223 e. The summed E-state index contributed by atoms with van der Waals surface area (Å²) in [4.78, 5) is 12.3. The van der Waals surface area contributed by atoms with Crippen LogP contribution in [0.4, 0.5) is 4.39 Å². The van der Waals surface area contributed by atoms with Crippen molar-refractivity contribution in [2.24, 2.45) is 11.8 Å². The van der Waals surface area contributed by atoms with Gasteiger partial charge in [0.1, 0.15) is 12.3 Å². The number of hydrogen-bond donors (Lipinski definition) is 1. The van der Waals surface area contributed by atoms with Crippen LogP contribution in [0, 0.1) is 11.8 Å². The van der Waals surface area contributed by atoms with Gasteiger partial charge in [0.2, 0.25) is 5.91 Å². The summed E-state index contributed by atoms with van der Waals surface area (Å²) in [5.41, 5.74) is 2.30. The van der Waals surface area contributed by atoms with E-state index < -0.39 is 12.3 Å². The number of carbonyl (C=O) groups excluding carboxylic acids is 1. The second-order valence-corrected chi connectivity index (χ2v) is 7.63. The Balaban J connectivity index is 1.55. The first kappa shape index (κ1) is 14.6. The van der Waals surface area contributed by atoms with Crippen molar-refractivity contribution in [1.29, 1.82) is 0 Å². The third-order valence-corrected chi connectivity index (χ3v) is 6.24. The van der Waals surface area contributed by atoms with Crippen LogP contribution in [0.1, 0.15) is 42.7 Å². The Kier molecular flexibility index (Phi) is 3.10. The van der Waals surface area contributed by atoms with Crippen LogP contribution in [0.5, 0.6) is 11.5 Å². The van der Waals surface area contributed by atoms with Gasteiger partial charge in [0, 0.05) is 23.4 Å². The Morgan fingerprint density at radius 1 is 1.29 bits per heavy atom. The minimum Gasteiger partial charge on any atom is -0.493 e. The van der Waals surface area contributed by atoms with Crippen LogP contribution in [0.15, 0.2) is 12.1 Å². The van der Waals surface area contributed by atoms with Crippen molar-refractivity contribution in [2.75, 3.05) is 7.11 Å². The zero-order valence-electron chi connectivity index (χ0n) is 13.8. The predicted molar refractivity (Wildman–Crippen MR) is 86.1 cm³/mol. The van der Waals surface area contributed by atoms with Crippen LogP contribution in [0.2, 0.25) is 0 Å². The lowest BCUT2D eigenvalue weighted by molar-refractivity contribution is -0.123. The predicted octanol–water partition coefficient (Wildman–Crippen LogP) is 2.74. The van der Waals surface area contributed by atoms with Gasteiger partial charge in [0.05, 0.1) is 7.11 Å². The lowest BCUT2D eigenvalue weighted by Crippen LogP contribution is -2.52. The fourth-order valence-corrected chi connectivity index (χ4v) is 4.92. The number of nitrogens with one attached hydrogen (secondary N) is 1. The van der Waals surface area contributed by atoms with Crippen LogP contribution in [0.3, 0.4) is 0 Å². The van der Waals surface area contributed by atoms with Gasteiger partial charge >= 0.3 is 0 Å². The normalized spacial score (nSPS) is 35.8. The summed E-state index contributed by atoms with van der Waals surface area (Å²) < 4.78 is 26.0. The van der Waals surface area contributed by atoms with Gasteiger partial charge in [-0.25, -0.2) is 4.39 Å². The topological polar surface area (TPSA) is 47.6 Å². The Bertz CT molecular complexity index is 702. The molecule has 3 unspecified atom stereocenters. The van der Waals surface area contributed by atoms with Gasteiger partial charge in [-0.05, 0) is 49.7 Å². The second kappa shape index (κ2) is 5.11. The molecule has 24 heavy (non-hydrogen) atoms. The molecule has 2 saturated carbocycles. The summed E-state index contributed by atoms with van der Waals surface area (Å²) in [6.07, 6.45) is 2.73. The average Bonchev–Trinajstić information content (AvgIpc) is 3.35. The fraction of sp³-hybridized carbons (Fsp3) is 0.632. The number of ether oxygens (including phenoxy) is 2. The molecule has 4 nitrogen and oxygen atoms in total. The molecule has 5 atom stereocenters. The van der Waals surface area contributed by atoms with Crippen LogP contribution in [-0.4, -0.2) is 31.3 Å². The van der Waals surface area contributed by atoms with Gasteiger partial charge in [-0.2, -0.15) is 0 Å². The van der Waals surface area contributed by atoms with E-state index >= 15 is 0 Å². The van der Waals surface area contributed by atoms with E-state index in [1.54, 1.807) is 7.11 Å². The van der Waals surface area contributed by atoms with Gasteiger partial charge in [-0.3, -0.25) is 4.79 Å². The van der Waals surface area contributed by atoms with Gasteiger partial charge < -0.3 is 14.8 Å². The quantitative estimate of drug-likeness (QED) is 0.926. The van der Waals surface area contributed by atoms with Crippen molar-refractivity contribution in [1.82, 2.24) is 5.32 Å². The van der Waals surface area contributed by atoms with Gasteiger partial charge in [0.25, 0.3) is 0 Å². The third-order valence-electron chi connectivity index (χ3n) is 6.24. The number of methoxy groups -OCH3 is 1. The zero-order valence-corrected chi connectivity index (χ0v) is 13.8. The number of rotatable bonds is 3. The number of alkyl halides is 1. The highest BCUT2D eigenvalue weighted by molar-refractivity contribution is 5.81. The monoisotopic (exact) mass is 331 g/mol. The SMILES string of the molecule is COc1ccc2c3c1O[C@@H]1C(F)CCC(C31)[C@@H](NC(=O)C1CC1)C2. The smallest absolute Gasteiger partial charge is 0.223 e. The van der Waals surface area contributed by atoms with E-state index in [0.717, 1.165) is 37.0 Å². The van der Waals surface area contributed by atoms with Crippen LogP contribution in [0.25, 0.3) is 0 Å². The lowest BCUT2D eigenvalue weighted by atomic mass is 9.65. The van der Waals surface area contributed by atoms with Crippen LogP contribution < -0.4 is 14.8 Å².